The Morgan fingerprint density at radius 3 is 2.19 bits per heavy atom. The first-order valence-electron chi connectivity index (χ1n) is 10.3. The number of hydrogen-bond donors (Lipinski definition) is 0. The van der Waals surface area contributed by atoms with Crippen LogP contribution in [0.5, 0.6) is 0 Å². The Morgan fingerprint density at radius 2 is 1.55 bits per heavy atom. The van der Waals surface area contributed by atoms with E-state index in [0.29, 0.717) is 44.3 Å². The van der Waals surface area contributed by atoms with E-state index in [1.807, 2.05) is 24.3 Å². The molecule has 0 saturated carbocycles. The van der Waals surface area contributed by atoms with Gasteiger partial charge in [0.2, 0.25) is 15.9 Å². The molecule has 2 fully saturated rings. The average molecular weight is 465 g/mol. The van der Waals surface area contributed by atoms with Gasteiger partial charge in [0.1, 0.15) is 6.54 Å². The summed E-state index contributed by atoms with van der Waals surface area (Å²) in [7, 11) is -3.65. The lowest BCUT2D eigenvalue weighted by atomic mass is 10.2. The van der Waals surface area contributed by atoms with Crippen LogP contribution in [0.3, 0.4) is 0 Å². The molecule has 10 heteroatoms. The highest BCUT2D eigenvalue weighted by molar-refractivity contribution is 7.89. The first-order valence-corrected chi connectivity index (χ1v) is 12.2. The SMILES string of the molecule is O=C(Cn1cc(S(=O)(=O)N2CCCC2)ccc1=O)N1CCN(c2ccc(Cl)cc2)CC1. The van der Waals surface area contributed by atoms with Crippen LogP contribution in [0.1, 0.15) is 12.8 Å². The number of sulfonamides is 1. The molecule has 2 aliphatic heterocycles. The van der Waals surface area contributed by atoms with Gasteiger partial charge in [0.05, 0.1) is 4.90 Å². The molecule has 0 unspecified atom stereocenters. The fourth-order valence-corrected chi connectivity index (χ4v) is 5.64. The van der Waals surface area contributed by atoms with Crippen LogP contribution in [0, 0.1) is 0 Å². The van der Waals surface area contributed by atoms with Gasteiger partial charge in [-0.25, -0.2) is 8.42 Å². The predicted molar refractivity (Wildman–Crippen MR) is 119 cm³/mol. The van der Waals surface area contributed by atoms with Crippen LogP contribution in [0.2, 0.25) is 5.02 Å². The summed E-state index contributed by atoms with van der Waals surface area (Å²) in [4.78, 5) is 29.0. The number of anilines is 1. The van der Waals surface area contributed by atoms with Gasteiger partial charge in [0.15, 0.2) is 0 Å². The molecular formula is C21H25ClN4O4S. The number of aromatic nitrogens is 1. The van der Waals surface area contributed by atoms with Crippen molar-refractivity contribution in [2.75, 3.05) is 44.2 Å². The molecule has 1 aromatic heterocycles. The maximum Gasteiger partial charge on any atom is 0.251 e. The summed E-state index contributed by atoms with van der Waals surface area (Å²) in [6.45, 7) is 3.20. The Hall–Kier alpha value is -2.36. The molecule has 0 N–H and O–H groups in total. The Balaban J connectivity index is 1.42. The number of rotatable bonds is 5. The van der Waals surface area contributed by atoms with Gasteiger partial charge in [-0.15, -0.1) is 0 Å². The molecule has 4 rings (SSSR count). The van der Waals surface area contributed by atoms with Crippen LogP contribution < -0.4 is 10.5 Å². The molecule has 2 aliphatic rings. The third-order valence-electron chi connectivity index (χ3n) is 5.79. The number of carbonyl (C=O) groups is 1. The van der Waals surface area contributed by atoms with Gasteiger partial charge in [-0.1, -0.05) is 11.6 Å². The van der Waals surface area contributed by atoms with Crippen molar-refractivity contribution in [2.24, 2.45) is 0 Å². The van der Waals surface area contributed by atoms with Gasteiger partial charge >= 0.3 is 0 Å². The van der Waals surface area contributed by atoms with Crippen LogP contribution in [0.15, 0.2) is 52.3 Å². The monoisotopic (exact) mass is 464 g/mol. The zero-order chi connectivity index (χ0) is 22.0. The third kappa shape index (κ3) is 4.78. The minimum absolute atomic E-state index is 0.0503. The number of amides is 1. The van der Waals surface area contributed by atoms with E-state index in [9.17, 15) is 18.0 Å². The molecule has 1 amide bonds. The summed E-state index contributed by atoms with van der Waals surface area (Å²) in [5.41, 5.74) is 0.654. The number of benzene rings is 1. The van der Waals surface area contributed by atoms with Gasteiger partial charge in [0, 0.05) is 62.2 Å². The lowest BCUT2D eigenvalue weighted by Crippen LogP contribution is -2.50. The standard InChI is InChI=1S/C21H25ClN4O4S/c22-17-3-5-18(6-4-17)23-11-13-24(14-12-23)21(28)16-25-15-19(7-8-20(25)27)31(29,30)26-9-1-2-10-26/h3-8,15H,1-2,9-14,16H2. The summed E-state index contributed by atoms with van der Waals surface area (Å²) in [5.74, 6) is -0.200. The first-order chi connectivity index (χ1) is 14.8. The number of hydrogen-bond acceptors (Lipinski definition) is 5. The van der Waals surface area contributed by atoms with Crippen molar-refractivity contribution in [3.05, 3.63) is 58.0 Å². The molecule has 0 bridgehead atoms. The molecule has 0 radical (unpaired) electrons. The minimum Gasteiger partial charge on any atom is -0.368 e. The molecular weight excluding hydrogens is 440 g/mol. The van der Waals surface area contributed by atoms with Crippen molar-refractivity contribution in [3.63, 3.8) is 0 Å². The highest BCUT2D eigenvalue weighted by atomic mass is 35.5. The minimum atomic E-state index is -3.65. The predicted octanol–water partition coefficient (Wildman–Crippen LogP) is 1.64. The highest BCUT2D eigenvalue weighted by Gasteiger charge is 2.28. The number of halogens is 1. The number of piperazine rings is 1. The fourth-order valence-electron chi connectivity index (χ4n) is 3.97. The Morgan fingerprint density at radius 1 is 0.903 bits per heavy atom. The van der Waals surface area contributed by atoms with E-state index < -0.39 is 15.6 Å². The molecule has 1 aromatic carbocycles. The first kappa shape index (κ1) is 21.9. The molecule has 0 spiro atoms. The number of nitrogens with zero attached hydrogens (tertiary/aromatic N) is 4. The molecule has 31 heavy (non-hydrogen) atoms. The van der Waals surface area contributed by atoms with Gasteiger partial charge in [-0.2, -0.15) is 4.31 Å². The second-order valence-electron chi connectivity index (χ2n) is 7.79. The van der Waals surface area contributed by atoms with Gasteiger partial charge in [-0.05, 0) is 43.2 Å². The Labute approximate surface area is 186 Å². The van der Waals surface area contributed by atoms with Crippen molar-refractivity contribution >= 4 is 33.2 Å². The van der Waals surface area contributed by atoms with Crippen LogP contribution in [-0.2, 0) is 21.4 Å². The lowest BCUT2D eigenvalue weighted by molar-refractivity contribution is -0.132. The van der Waals surface area contributed by atoms with Crippen molar-refractivity contribution in [2.45, 2.75) is 24.3 Å². The summed E-state index contributed by atoms with van der Waals surface area (Å²) >= 11 is 5.94. The maximum atomic E-state index is 12.8. The van der Waals surface area contributed by atoms with Crippen molar-refractivity contribution in [1.82, 2.24) is 13.8 Å². The third-order valence-corrected chi connectivity index (χ3v) is 7.92. The average Bonchev–Trinajstić information content (AvgIpc) is 3.32. The maximum absolute atomic E-state index is 12.8. The van der Waals surface area contributed by atoms with E-state index in [0.717, 1.165) is 18.5 Å². The van der Waals surface area contributed by atoms with Crippen molar-refractivity contribution in [3.8, 4) is 0 Å². The Bertz CT molecular complexity index is 1100. The largest absolute Gasteiger partial charge is 0.368 e. The lowest BCUT2D eigenvalue weighted by Gasteiger charge is -2.36. The van der Waals surface area contributed by atoms with E-state index in [-0.39, 0.29) is 17.3 Å². The Kier molecular flexibility index (Phi) is 6.36. The highest BCUT2D eigenvalue weighted by Crippen LogP contribution is 2.21. The summed E-state index contributed by atoms with van der Waals surface area (Å²) in [6.07, 6.45) is 2.95. The number of carbonyl (C=O) groups excluding carboxylic acids is 1. The molecule has 3 heterocycles. The van der Waals surface area contributed by atoms with E-state index in [1.165, 1.54) is 27.2 Å². The molecule has 2 saturated heterocycles. The van der Waals surface area contributed by atoms with Crippen molar-refractivity contribution in [1.29, 1.82) is 0 Å². The van der Waals surface area contributed by atoms with Crippen LogP contribution in [0.4, 0.5) is 5.69 Å². The fraction of sp³-hybridized carbons (Fsp3) is 0.429. The van der Waals surface area contributed by atoms with E-state index in [2.05, 4.69) is 4.90 Å². The van der Waals surface area contributed by atoms with Crippen LogP contribution in [0.25, 0.3) is 0 Å². The molecule has 0 aliphatic carbocycles. The molecule has 8 nitrogen and oxygen atoms in total. The normalized spacial score (nSPS) is 17.8. The van der Waals surface area contributed by atoms with E-state index in [4.69, 9.17) is 11.6 Å². The van der Waals surface area contributed by atoms with Gasteiger partial charge in [-0.3, -0.25) is 9.59 Å². The molecule has 0 atom stereocenters. The zero-order valence-corrected chi connectivity index (χ0v) is 18.7. The van der Waals surface area contributed by atoms with Gasteiger partial charge < -0.3 is 14.4 Å². The topological polar surface area (TPSA) is 82.9 Å². The zero-order valence-electron chi connectivity index (χ0n) is 17.1. The number of pyridine rings is 1. The summed E-state index contributed by atoms with van der Waals surface area (Å²) < 4.78 is 28.2. The summed E-state index contributed by atoms with van der Waals surface area (Å²) in [5, 5.41) is 0.678. The van der Waals surface area contributed by atoms with E-state index >= 15 is 0 Å². The smallest absolute Gasteiger partial charge is 0.251 e. The van der Waals surface area contributed by atoms with Crippen LogP contribution in [-0.4, -0.2) is 67.4 Å². The second kappa shape index (κ2) is 9.02. The molecule has 166 valence electrons. The van der Waals surface area contributed by atoms with Crippen LogP contribution >= 0.6 is 11.6 Å². The quantitative estimate of drug-likeness (QED) is 0.671. The van der Waals surface area contributed by atoms with Gasteiger partial charge in [0.25, 0.3) is 5.56 Å². The second-order valence-corrected chi connectivity index (χ2v) is 10.2. The van der Waals surface area contributed by atoms with E-state index in [1.54, 1.807) is 4.90 Å². The van der Waals surface area contributed by atoms with Crippen molar-refractivity contribution < 1.29 is 13.2 Å². The summed E-state index contributed by atoms with van der Waals surface area (Å²) in [6, 6.07) is 10.1. The molecule has 2 aromatic rings.